The zero-order valence-corrected chi connectivity index (χ0v) is 11.2. The van der Waals surface area contributed by atoms with E-state index in [0.717, 1.165) is 12.8 Å². The largest absolute Gasteiger partial charge is 0.454 e. The first-order chi connectivity index (χ1) is 10.1. The van der Waals surface area contributed by atoms with E-state index in [2.05, 4.69) is 5.32 Å². The minimum Gasteiger partial charge on any atom is -0.454 e. The average Bonchev–Trinajstić information content (AvgIpc) is 2.88. The van der Waals surface area contributed by atoms with Crippen molar-refractivity contribution in [1.82, 2.24) is 0 Å². The molecule has 7 heteroatoms. The number of carbonyl (C=O) groups excluding carboxylic acids is 1. The molecule has 0 radical (unpaired) electrons. The minimum absolute atomic E-state index is 0.0289. The second kappa shape index (κ2) is 4.34. The first-order valence-corrected chi connectivity index (χ1v) is 7.00. The molecule has 7 nitrogen and oxygen atoms in total. The van der Waals surface area contributed by atoms with Gasteiger partial charge >= 0.3 is 0 Å². The molecular formula is C14H14N2O5. The SMILES string of the molecule is O=C(Nc1cc2c(cc1[N+](=O)[O-])OCO2)C1CC2CC2C1. The van der Waals surface area contributed by atoms with Crippen LogP contribution in [0.3, 0.4) is 0 Å². The number of ether oxygens (including phenoxy) is 2. The normalized spacial score (nSPS) is 28.1. The standard InChI is InChI=1S/C14H14N2O5/c17-14(9-2-7-1-8(7)3-9)15-10-4-12-13(21-6-20-12)5-11(10)16(18)19/h4-5,7-9H,1-3,6H2,(H,15,17). The Morgan fingerprint density at radius 3 is 2.52 bits per heavy atom. The van der Waals surface area contributed by atoms with Crippen molar-refractivity contribution in [2.45, 2.75) is 19.3 Å². The summed E-state index contributed by atoms with van der Waals surface area (Å²) < 4.78 is 10.3. The molecule has 4 rings (SSSR count). The fraction of sp³-hybridized carbons (Fsp3) is 0.500. The molecule has 2 aliphatic carbocycles. The maximum atomic E-state index is 12.3. The number of hydrogen-bond acceptors (Lipinski definition) is 5. The number of carbonyl (C=O) groups is 1. The Hall–Kier alpha value is -2.31. The van der Waals surface area contributed by atoms with Crippen LogP contribution in [0.25, 0.3) is 0 Å². The lowest BCUT2D eigenvalue weighted by Crippen LogP contribution is -2.22. The van der Waals surface area contributed by atoms with Crippen LogP contribution in [0, 0.1) is 27.9 Å². The molecule has 1 aromatic carbocycles. The van der Waals surface area contributed by atoms with Crippen LogP contribution in [-0.2, 0) is 4.79 Å². The molecule has 2 unspecified atom stereocenters. The van der Waals surface area contributed by atoms with Crippen LogP contribution in [0.4, 0.5) is 11.4 Å². The number of rotatable bonds is 3. The van der Waals surface area contributed by atoms with E-state index in [1.807, 2.05) is 0 Å². The Morgan fingerprint density at radius 2 is 1.86 bits per heavy atom. The number of amides is 1. The van der Waals surface area contributed by atoms with Crippen molar-refractivity contribution in [3.63, 3.8) is 0 Å². The summed E-state index contributed by atoms with van der Waals surface area (Å²) in [6.45, 7) is 0.0376. The Kier molecular flexibility index (Phi) is 2.57. The van der Waals surface area contributed by atoms with Gasteiger partial charge in [-0.15, -0.1) is 0 Å². The van der Waals surface area contributed by atoms with E-state index in [0.29, 0.717) is 23.3 Å². The highest BCUT2D eigenvalue weighted by atomic mass is 16.7. The van der Waals surface area contributed by atoms with Crippen molar-refractivity contribution < 1.29 is 19.2 Å². The second-order valence-electron chi connectivity index (χ2n) is 5.89. The summed E-state index contributed by atoms with van der Waals surface area (Å²) in [5, 5.41) is 13.8. The van der Waals surface area contributed by atoms with Crippen molar-refractivity contribution in [1.29, 1.82) is 0 Å². The van der Waals surface area contributed by atoms with E-state index in [4.69, 9.17) is 9.47 Å². The van der Waals surface area contributed by atoms with Gasteiger partial charge in [0.1, 0.15) is 5.69 Å². The van der Waals surface area contributed by atoms with Crippen LogP contribution in [0.15, 0.2) is 12.1 Å². The second-order valence-corrected chi connectivity index (χ2v) is 5.89. The lowest BCUT2D eigenvalue weighted by Gasteiger charge is -2.12. The molecule has 0 aromatic heterocycles. The van der Waals surface area contributed by atoms with Gasteiger partial charge in [-0.25, -0.2) is 0 Å². The van der Waals surface area contributed by atoms with E-state index < -0.39 is 4.92 Å². The number of nitro groups is 1. The Morgan fingerprint density at radius 1 is 1.19 bits per heavy atom. The summed E-state index contributed by atoms with van der Waals surface area (Å²) in [6, 6.07) is 2.76. The summed E-state index contributed by atoms with van der Waals surface area (Å²) in [5.74, 6) is 1.97. The lowest BCUT2D eigenvalue weighted by atomic mass is 10.0. The third-order valence-electron chi connectivity index (χ3n) is 4.56. The van der Waals surface area contributed by atoms with Crippen molar-refractivity contribution in [3.05, 3.63) is 22.2 Å². The number of fused-ring (bicyclic) bond motifs is 2. The van der Waals surface area contributed by atoms with Gasteiger partial charge in [-0.2, -0.15) is 0 Å². The van der Waals surface area contributed by atoms with Crippen molar-refractivity contribution in [2.75, 3.05) is 12.1 Å². The monoisotopic (exact) mass is 290 g/mol. The van der Waals surface area contributed by atoms with E-state index >= 15 is 0 Å². The van der Waals surface area contributed by atoms with Gasteiger partial charge in [0.25, 0.3) is 5.69 Å². The van der Waals surface area contributed by atoms with Gasteiger partial charge in [0.05, 0.1) is 11.0 Å². The van der Waals surface area contributed by atoms with Gasteiger partial charge in [-0.1, -0.05) is 0 Å². The molecule has 0 spiro atoms. The molecule has 2 atom stereocenters. The zero-order valence-electron chi connectivity index (χ0n) is 11.2. The molecule has 1 aromatic rings. The zero-order chi connectivity index (χ0) is 14.6. The summed E-state index contributed by atoms with van der Waals surface area (Å²) >= 11 is 0. The van der Waals surface area contributed by atoms with Crippen LogP contribution in [0.1, 0.15) is 19.3 Å². The number of benzene rings is 1. The summed E-state index contributed by atoms with van der Waals surface area (Å²) in [7, 11) is 0. The van der Waals surface area contributed by atoms with E-state index in [1.165, 1.54) is 18.6 Å². The Bertz CT molecular complexity index is 634. The van der Waals surface area contributed by atoms with E-state index in [-0.39, 0.29) is 30.0 Å². The first-order valence-electron chi connectivity index (χ1n) is 7.00. The summed E-state index contributed by atoms with van der Waals surface area (Å²) in [4.78, 5) is 22.9. The maximum absolute atomic E-state index is 12.3. The van der Waals surface area contributed by atoms with Gasteiger partial charge < -0.3 is 14.8 Å². The topological polar surface area (TPSA) is 90.7 Å². The lowest BCUT2D eigenvalue weighted by molar-refractivity contribution is -0.384. The minimum atomic E-state index is -0.524. The molecule has 3 aliphatic rings. The highest BCUT2D eigenvalue weighted by Crippen LogP contribution is 2.54. The van der Waals surface area contributed by atoms with Crippen LogP contribution >= 0.6 is 0 Å². The molecule has 21 heavy (non-hydrogen) atoms. The fourth-order valence-electron chi connectivity index (χ4n) is 3.35. The number of hydrogen-bond donors (Lipinski definition) is 1. The van der Waals surface area contributed by atoms with Crippen LogP contribution in [-0.4, -0.2) is 17.6 Å². The van der Waals surface area contributed by atoms with Gasteiger partial charge in [0.15, 0.2) is 11.5 Å². The molecule has 1 amide bonds. The predicted octanol–water partition coefficient (Wildman–Crippen LogP) is 2.31. The van der Waals surface area contributed by atoms with Crippen LogP contribution in [0.5, 0.6) is 11.5 Å². The molecule has 0 bridgehead atoms. The van der Waals surface area contributed by atoms with Gasteiger partial charge in [0.2, 0.25) is 12.7 Å². The van der Waals surface area contributed by atoms with Crippen LogP contribution in [0.2, 0.25) is 0 Å². The number of nitro benzene ring substituents is 1. The van der Waals surface area contributed by atoms with E-state index in [1.54, 1.807) is 0 Å². The van der Waals surface area contributed by atoms with Gasteiger partial charge in [0, 0.05) is 12.0 Å². The number of nitrogens with zero attached hydrogens (tertiary/aromatic N) is 1. The molecule has 1 aliphatic heterocycles. The molecule has 1 heterocycles. The highest BCUT2D eigenvalue weighted by Gasteiger charge is 2.48. The van der Waals surface area contributed by atoms with Gasteiger partial charge in [-0.3, -0.25) is 14.9 Å². The molecular weight excluding hydrogens is 276 g/mol. The predicted molar refractivity (Wildman–Crippen MR) is 72.2 cm³/mol. The average molecular weight is 290 g/mol. The Balaban J connectivity index is 1.58. The number of anilines is 1. The van der Waals surface area contributed by atoms with Crippen molar-refractivity contribution in [3.8, 4) is 11.5 Å². The quantitative estimate of drug-likeness (QED) is 0.681. The van der Waals surface area contributed by atoms with E-state index in [9.17, 15) is 14.9 Å². The molecule has 2 saturated carbocycles. The smallest absolute Gasteiger partial charge is 0.296 e. The Labute approximate surface area is 120 Å². The molecule has 1 N–H and O–H groups in total. The third-order valence-corrected chi connectivity index (χ3v) is 4.56. The third kappa shape index (κ3) is 2.09. The first kappa shape index (κ1) is 12.4. The molecule has 110 valence electrons. The number of nitrogens with one attached hydrogen (secondary N) is 1. The van der Waals surface area contributed by atoms with Crippen LogP contribution < -0.4 is 14.8 Å². The molecule has 0 saturated heterocycles. The molecule has 2 fully saturated rings. The highest BCUT2D eigenvalue weighted by molar-refractivity contribution is 5.95. The maximum Gasteiger partial charge on any atom is 0.296 e. The fourth-order valence-corrected chi connectivity index (χ4v) is 3.35. The van der Waals surface area contributed by atoms with Crippen molar-refractivity contribution >= 4 is 17.3 Å². The summed E-state index contributed by atoms with van der Waals surface area (Å²) in [6.07, 6.45) is 3.03. The summed E-state index contributed by atoms with van der Waals surface area (Å²) in [5.41, 5.74) is 0.00517. The van der Waals surface area contributed by atoms with Crippen molar-refractivity contribution in [2.24, 2.45) is 17.8 Å². The van der Waals surface area contributed by atoms with Gasteiger partial charge in [-0.05, 0) is 31.1 Å².